The van der Waals surface area contributed by atoms with Crippen molar-refractivity contribution in [1.82, 2.24) is 34.5 Å². The molecule has 3 N–H and O–H groups in total. The fourth-order valence-electron chi connectivity index (χ4n) is 4.80. The highest BCUT2D eigenvalue weighted by molar-refractivity contribution is 8.00. The Hall–Kier alpha value is -5.45. The van der Waals surface area contributed by atoms with E-state index in [1.54, 1.807) is 61.9 Å². The van der Waals surface area contributed by atoms with Crippen LogP contribution in [0.5, 0.6) is 0 Å². The zero-order chi connectivity index (χ0) is 35.1. The number of aliphatic hydroxyl groups is 1. The maximum atomic E-state index is 15.1. The van der Waals surface area contributed by atoms with Crippen molar-refractivity contribution in [3.05, 3.63) is 116 Å². The summed E-state index contributed by atoms with van der Waals surface area (Å²) < 4.78 is 35.3. The van der Waals surface area contributed by atoms with Crippen LogP contribution in [0.15, 0.2) is 127 Å². The minimum Gasteiger partial charge on any atom is -0.367 e. The van der Waals surface area contributed by atoms with Crippen molar-refractivity contribution in [2.45, 2.75) is 28.3 Å². The zero-order valence-corrected chi connectivity index (χ0v) is 28.2. The van der Waals surface area contributed by atoms with E-state index < -0.39 is 11.5 Å². The molecule has 2 aromatic carbocycles. The van der Waals surface area contributed by atoms with Gasteiger partial charge in [0.2, 0.25) is 17.8 Å². The van der Waals surface area contributed by atoms with Crippen LogP contribution in [0.4, 0.5) is 20.2 Å². The summed E-state index contributed by atoms with van der Waals surface area (Å²) >= 11 is 1.39. The van der Waals surface area contributed by atoms with Gasteiger partial charge in [-0.15, -0.1) is 27.0 Å². The molecule has 0 spiro atoms. The lowest BCUT2D eigenvalue weighted by atomic mass is 10.2. The summed E-state index contributed by atoms with van der Waals surface area (Å²) in [6, 6.07) is 23.1. The SMILES string of the molecule is C=CCn1c(SCC(=O)Nc2ccccc2)nnc1-c1cc[n+](-c2ccc(NC(O)C(F)(F)Sc3nnc(-c4ccncc4)n3C)cc2)cc1. The van der Waals surface area contributed by atoms with Crippen LogP contribution in [0.3, 0.4) is 0 Å². The van der Waals surface area contributed by atoms with E-state index >= 15 is 8.78 Å². The first-order valence-corrected chi connectivity index (χ1v) is 17.0. The molecular formula is C34H31F2N10O2S2+. The molecule has 0 saturated carbocycles. The number of anilines is 2. The Kier molecular flexibility index (Phi) is 10.6. The summed E-state index contributed by atoms with van der Waals surface area (Å²) in [5.74, 6) is 1.02. The number of para-hydroxylation sites is 1. The molecule has 50 heavy (non-hydrogen) atoms. The average Bonchev–Trinajstić information content (AvgIpc) is 3.70. The molecule has 0 aliphatic heterocycles. The number of nitrogens with one attached hydrogen (secondary N) is 2. The Bertz CT molecular complexity index is 2060. The Labute approximate surface area is 294 Å². The number of benzene rings is 2. The van der Waals surface area contributed by atoms with Gasteiger partial charge in [0, 0.05) is 72.8 Å². The van der Waals surface area contributed by atoms with Gasteiger partial charge in [-0.3, -0.25) is 14.3 Å². The van der Waals surface area contributed by atoms with E-state index in [9.17, 15) is 9.90 Å². The smallest absolute Gasteiger partial charge is 0.344 e. The van der Waals surface area contributed by atoms with Crippen molar-refractivity contribution in [2.24, 2.45) is 7.05 Å². The van der Waals surface area contributed by atoms with Crippen molar-refractivity contribution >= 4 is 40.8 Å². The number of nitrogens with zero attached hydrogens (tertiary/aromatic N) is 8. The Balaban J connectivity index is 1.08. The molecule has 4 heterocycles. The number of aliphatic hydroxyl groups excluding tert-OH is 1. The Morgan fingerprint density at radius 2 is 1.58 bits per heavy atom. The second-order valence-electron chi connectivity index (χ2n) is 10.8. The standard InChI is InChI=1S/C34H30F2N10O2S2/c1-3-19-46-30(41-43-33(46)49-22-28(47)38-25-7-5-4-6-8-25)24-15-20-45(21-16-24)27-11-9-26(10-12-27)39-31(48)34(35,36)50-32-42-40-29(44(32)2)23-13-17-37-18-14-23/h3-18,20-21,31,48H,1,19,22H2,2H3,(H-,38,39,41,47)/p+1. The molecule has 6 rings (SSSR count). The number of hydrogen-bond acceptors (Lipinski definition) is 10. The van der Waals surface area contributed by atoms with Crippen LogP contribution in [-0.4, -0.2) is 62.8 Å². The zero-order valence-electron chi connectivity index (χ0n) is 26.6. The number of carbonyl (C=O) groups excluding carboxylic acids is 1. The van der Waals surface area contributed by atoms with Gasteiger partial charge in [-0.2, -0.15) is 13.3 Å². The molecule has 0 aliphatic rings. The topological polar surface area (TPSA) is 140 Å². The van der Waals surface area contributed by atoms with Crippen molar-refractivity contribution < 1.29 is 23.2 Å². The van der Waals surface area contributed by atoms with Crippen LogP contribution in [0.25, 0.3) is 28.5 Å². The number of thioether (sulfide) groups is 2. The summed E-state index contributed by atoms with van der Waals surface area (Å²) in [7, 11) is 1.58. The third kappa shape index (κ3) is 8.05. The highest BCUT2D eigenvalue weighted by atomic mass is 32.2. The van der Waals surface area contributed by atoms with Gasteiger partial charge in [-0.1, -0.05) is 36.0 Å². The van der Waals surface area contributed by atoms with E-state index in [2.05, 4.69) is 42.6 Å². The molecule has 1 unspecified atom stereocenters. The molecule has 1 amide bonds. The fraction of sp³-hybridized carbons (Fsp3) is 0.147. The molecular weight excluding hydrogens is 683 g/mol. The van der Waals surface area contributed by atoms with Crippen molar-refractivity contribution in [3.8, 4) is 28.5 Å². The van der Waals surface area contributed by atoms with Gasteiger partial charge >= 0.3 is 5.25 Å². The lowest BCUT2D eigenvalue weighted by Crippen LogP contribution is -2.37. The van der Waals surface area contributed by atoms with Crippen LogP contribution in [0, 0.1) is 0 Å². The lowest BCUT2D eigenvalue weighted by Gasteiger charge is -2.23. The van der Waals surface area contributed by atoms with Crippen LogP contribution >= 0.6 is 23.5 Å². The number of allylic oxidation sites excluding steroid dienone is 1. The number of pyridine rings is 2. The van der Waals surface area contributed by atoms with E-state index in [0.29, 0.717) is 34.6 Å². The van der Waals surface area contributed by atoms with Gasteiger partial charge in [-0.05, 0) is 48.2 Å². The number of amides is 1. The molecule has 0 fully saturated rings. The largest absolute Gasteiger partial charge is 0.367 e. The first-order valence-electron chi connectivity index (χ1n) is 15.2. The maximum Gasteiger partial charge on any atom is 0.344 e. The second kappa shape index (κ2) is 15.4. The van der Waals surface area contributed by atoms with Gasteiger partial charge in [0.1, 0.15) is 0 Å². The number of aromatic nitrogens is 8. The summed E-state index contributed by atoms with van der Waals surface area (Å²) in [6.07, 6.45) is 6.36. The predicted molar refractivity (Wildman–Crippen MR) is 188 cm³/mol. The van der Waals surface area contributed by atoms with Gasteiger partial charge in [-0.25, -0.2) is 0 Å². The van der Waals surface area contributed by atoms with E-state index in [1.807, 2.05) is 64.0 Å². The van der Waals surface area contributed by atoms with Gasteiger partial charge in [0.25, 0.3) is 0 Å². The Morgan fingerprint density at radius 1 is 0.920 bits per heavy atom. The normalized spacial score (nSPS) is 12.0. The molecule has 0 radical (unpaired) electrons. The highest BCUT2D eigenvalue weighted by Crippen LogP contribution is 2.38. The maximum absolute atomic E-state index is 15.1. The van der Waals surface area contributed by atoms with Gasteiger partial charge in [0.05, 0.1) is 5.75 Å². The number of rotatable bonds is 14. The molecule has 254 valence electrons. The molecule has 0 aliphatic carbocycles. The van der Waals surface area contributed by atoms with E-state index in [1.165, 1.54) is 16.3 Å². The van der Waals surface area contributed by atoms with Crippen LogP contribution in [0.2, 0.25) is 0 Å². The van der Waals surface area contributed by atoms with Crippen LogP contribution in [-0.2, 0) is 18.4 Å². The summed E-state index contributed by atoms with van der Waals surface area (Å²) in [5.41, 5.74) is 3.26. The minimum absolute atomic E-state index is 0.0539. The third-order valence-electron chi connectivity index (χ3n) is 7.29. The fourth-order valence-corrected chi connectivity index (χ4v) is 6.27. The summed E-state index contributed by atoms with van der Waals surface area (Å²) in [5, 5.41) is 29.2. The van der Waals surface area contributed by atoms with E-state index in [0.717, 1.165) is 16.9 Å². The van der Waals surface area contributed by atoms with Crippen molar-refractivity contribution in [3.63, 3.8) is 0 Å². The molecule has 0 saturated heterocycles. The quantitative estimate of drug-likeness (QED) is 0.0579. The number of carbonyl (C=O) groups is 1. The summed E-state index contributed by atoms with van der Waals surface area (Å²) in [4.78, 5) is 16.4. The van der Waals surface area contributed by atoms with Gasteiger partial charge < -0.3 is 20.3 Å². The molecule has 4 aromatic heterocycles. The van der Waals surface area contributed by atoms with Crippen molar-refractivity contribution in [2.75, 3.05) is 16.4 Å². The minimum atomic E-state index is -3.63. The third-order valence-corrected chi connectivity index (χ3v) is 9.29. The number of halogens is 2. The summed E-state index contributed by atoms with van der Waals surface area (Å²) in [6.45, 7) is 4.29. The predicted octanol–water partition coefficient (Wildman–Crippen LogP) is 5.44. The lowest BCUT2D eigenvalue weighted by molar-refractivity contribution is -0.595. The van der Waals surface area contributed by atoms with Crippen LogP contribution in [0.1, 0.15) is 0 Å². The Morgan fingerprint density at radius 3 is 2.28 bits per heavy atom. The van der Waals surface area contributed by atoms with E-state index in [-0.39, 0.29) is 28.6 Å². The van der Waals surface area contributed by atoms with Crippen LogP contribution < -0.4 is 15.2 Å². The monoisotopic (exact) mass is 713 g/mol. The second-order valence-corrected chi connectivity index (χ2v) is 12.8. The van der Waals surface area contributed by atoms with Crippen molar-refractivity contribution in [1.29, 1.82) is 0 Å². The number of alkyl halides is 2. The molecule has 1 atom stereocenters. The first-order chi connectivity index (χ1) is 24.2. The highest BCUT2D eigenvalue weighted by Gasteiger charge is 2.42. The van der Waals surface area contributed by atoms with Gasteiger partial charge in [0.15, 0.2) is 34.4 Å². The molecule has 16 heteroatoms. The number of hydrogen-bond donors (Lipinski definition) is 3. The first kappa shape index (κ1) is 34.4. The molecule has 12 nitrogen and oxygen atoms in total. The average molecular weight is 714 g/mol. The molecule has 6 aromatic rings. The molecule has 0 bridgehead atoms. The van der Waals surface area contributed by atoms with E-state index in [4.69, 9.17) is 0 Å².